The molecule has 2 N–H and O–H groups in total. The molecule has 3 atom stereocenters. The normalized spacial score (nSPS) is 22.8. The average molecular weight is 441 g/mol. The summed E-state index contributed by atoms with van der Waals surface area (Å²) in [6, 6.07) is 27.3. The van der Waals surface area contributed by atoms with E-state index in [1.165, 1.54) is 5.56 Å². The number of nitrogens with zero attached hydrogens (tertiary/aromatic N) is 2. The van der Waals surface area contributed by atoms with Crippen molar-refractivity contribution < 1.29 is 9.59 Å². The molecule has 2 aliphatic rings. The highest BCUT2D eigenvalue weighted by atomic mass is 16.2. The summed E-state index contributed by atoms with van der Waals surface area (Å²) >= 11 is 0. The third-order valence-electron chi connectivity index (χ3n) is 6.48. The molecule has 3 unspecified atom stereocenters. The summed E-state index contributed by atoms with van der Waals surface area (Å²) in [7, 11) is 0. The van der Waals surface area contributed by atoms with E-state index >= 15 is 0 Å². The van der Waals surface area contributed by atoms with Gasteiger partial charge in [-0.2, -0.15) is 0 Å². The molecule has 2 fully saturated rings. The minimum Gasteiger partial charge on any atom is -0.326 e. The van der Waals surface area contributed by atoms with E-state index in [1.807, 2.05) is 79.7 Å². The summed E-state index contributed by atoms with van der Waals surface area (Å²) in [4.78, 5) is 29.1. The Morgan fingerprint density at radius 2 is 1.70 bits per heavy atom. The first-order valence-electron chi connectivity index (χ1n) is 11.4. The smallest absolute Gasteiger partial charge is 0.247 e. The van der Waals surface area contributed by atoms with Crippen LogP contribution >= 0.6 is 0 Å². The van der Waals surface area contributed by atoms with Gasteiger partial charge in [0, 0.05) is 25.3 Å². The van der Waals surface area contributed by atoms with Crippen LogP contribution < -0.4 is 15.8 Å². The van der Waals surface area contributed by atoms with Crippen LogP contribution in [0.1, 0.15) is 11.1 Å². The first-order chi connectivity index (χ1) is 16.1. The standard InChI is InChI=1S/C27H28N4O2/c1-19-9-8-12-21(15-19)28-26(32)23-17-30(16-20-10-4-2-5-11-20)18-24-25(23)29-31(27(24)33)22-13-6-3-7-14-22/h2-15,23-25,29H,16-18H2,1H3,(H,28,32). The molecule has 2 saturated heterocycles. The number of hydrogen-bond acceptors (Lipinski definition) is 4. The Bertz CT molecular complexity index is 1140. The first kappa shape index (κ1) is 21.4. The predicted octanol–water partition coefficient (Wildman–Crippen LogP) is 3.60. The number of carbonyl (C=O) groups is 2. The Morgan fingerprint density at radius 3 is 2.42 bits per heavy atom. The van der Waals surface area contributed by atoms with Crippen molar-refractivity contribution in [3.8, 4) is 0 Å². The number of piperidine rings is 1. The summed E-state index contributed by atoms with van der Waals surface area (Å²) < 4.78 is 0. The number of benzene rings is 3. The fourth-order valence-corrected chi connectivity index (χ4v) is 4.88. The molecule has 3 aromatic rings. The Balaban J connectivity index is 1.41. The number of hydrogen-bond donors (Lipinski definition) is 2. The highest BCUT2D eigenvalue weighted by Crippen LogP contribution is 2.33. The Morgan fingerprint density at radius 1 is 0.970 bits per heavy atom. The quantitative estimate of drug-likeness (QED) is 0.636. The van der Waals surface area contributed by atoms with Crippen LogP contribution in [0.4, 0.5) is 11.4 Å². The van der Waals surface area contributed by atoms with E-state index in [0.717, 1.165) is 16.9 Å². The molecule has 0 spiro atoms. The summed E-state index contributed by atoms with van der Waals surface area (Å²) in [6.45, 7) is 3.90. The second kappa shape index (κ2) is 9.17. The van der Waals surface area contributed by atoms with Gasteiger partial charge in [0.25, 0.3) is 0 Å². The number of hydrazine groups is 1. The van der Waals surface area contributed by atoms with Crippen molar-refractivity contribution in [1.82, 2.24) is 10.3 Å². The fraction of sp³-hybridized carbons (Fsp3) is 0.259. The summed E-state index contributed by atoms with van der Waals surface area (Å²) in [6.07, 6.45) is 0. The molecule has 2 amide bonds. The number of likely N-dealkylation sites (tertiary alicyclic amines) is 1. The van der Waals surface area contributed by atoms with E-state index in [2.05, 4.69) is 27.8 Å². The maximum absolute atomic E-state index is 13.5. The van der Waals surface area contributed by atoms with E-state index < -0.39 is 0 Å². The highest BCUT2D eigenvalue weighted by molar-refractivity contribution is 6.00. The van der Waals surface area contributed by atoms with E-state index in [-0.39, 0.29) is 29.7 Å². The van der Waals surface area contributed by atoms with Crippen molar-refractivity contribution in [2.24, 2.45) is 11.8 Å². The van der Waals surface area contributed by atoms with Crippen LogP contribution in [0.2, 0.25) is 0 Å². The molecular formula is C27H28N4O2. The molecule has 2 aliphatic heterocycles. The minimum absolute atomic E-state index is 0.0114. The topological polar surface area (TPSA) is 64.7 Å². The van der Waals surface area contributed by atoms with Gasteiger partial charge in [0.15, 0.2) is 0 Å². The van der Waals surface area contributed by atoms with Crippen LogP contribution in [0.25, 0.3) is 0 Å². The molecule has 168 valence electrons. The van der Waals surface area contributed by atoms with Crippen molar-refractivity contribution in [1.29, 1.82) is 0 Å². The lowest BCUT2D eigenvalue weighted by Crippen LogP contribution is -2.55. The van der Waals surface area contributed by atoms with Crippen LogP contribution in [0, 0.1) is 18.8 Å². The molecule has 6 heteroatoms. The first-order valence-corrected chi connectivity index (χ1v) is 11.4. The van der Waals surface area contributed by atoms with Crippen molar-refractivity contribution in [2.75, 3.05) is 23.4 Å². The molecule has 5 rings (SSSR count). The Kier molecular flexibility index (Phi) is 5.94. The van der Waals surface area contributed by atoms with Crippen LogP contribution in [0.5, 0.6) is 0 Å². The number of carbonyl (C=O) groups excluding carboxylic acids is 2. The van der Waals surface area contributed by atoms with Crippen LogP contribution in [0.3, 0.4) is 0 Å². The number of aryl methyl sites for hydroxylation is 1. The lowest BCUT2D eigenvalue weighted by molar-refractivity contribution is -0.126. The van der Waals surface area contributed by atoms with Crippen LogP contribution in [0.15, 0.2) is 84.9 Å². The number of rotatable bonds is 5. The van der Waals surface area contributed by atoms with E-state index in [4.69, 9.17) is 0 Å². The Hall–Kier alpha value is -3.48. The van der Waals surface area contributed by atoms with Crippen molar-refractivity contribution >= 4 is 23.2 Å². The van der Waals surface area contributed by atoms with E-state index in [1.54, 1.807) is 5.01 Å². The van der Waals surface area contributed by atoms with Gasteiger partial charge >= 0.3 is 0 Å². The van der Waals surface area contributed by atoms with Gasteiger partial charge in [-0.25, -0.2) is 10.4 Å². The van der Waals surface area contributed by atoms with Gasteiger partial charge in [-0.05, 0) is 42.3 Å². The van der Waals surface area contributed by atoms with Gasteiger partial charge in [0.2, 0.25) is 11.8 Å². The van der Waals surface area contributed by atoms with Gasteiger partial charge in [0.05, 0.1) is 23.6 Å². The SMILES string of the molecule is Cc1cccc(NC(=O)C2CN(Cc3ccccc3)CC3C(=O)N(c4ccccc4)NC23)c1. The zero-order valence-corrected chi connectivity index (χ0v) is 18.6. The largest absolute Gasteiger partial charge is 0.326 e. The number of nitrogens with one attached hydrogen (secondary N) is 2. The van der Waals surface area contributed by atoms with Gasteiger partial charge in [-0.3, -0.25) is 14.5 Å². The third kappa shape index (κ3) is 4.53. The highest BCUT2D eigenvalue weighted by Gasteiger charge is 2.50. The minimum atomic E-state index is -0.370. The third-order valence-corrected chi connectivity index (χ3v) is 6.48. The monoisotopic (exact) mass is 440 g/mol. The van der Waals surface area contributed by atoms with Gasteiger partial charge in [-0.1, -0.05) is 60.7 Å². The average Bonchev–Trinajstić information content (AvgIpc) is 3.16. The van der Waals surface area contributed by atoms with Gasteiger partial charge < -0.3 is 5.32 Å². The molecule has 0 bridgehead atoms. The predicted molar refractivity (Wildman–Crippen MR) is 129 cm³/mol. The Labute approximate surface area is 194 Å². The number of fused-ring (bicyclic) bond motifs is 1. The van der Waals surface area contributed by atoms with Crippen molar-refractivity contribution in [2.45, 2.75) is 19.5 Å². The number of amides is 2. The molecule has 0 aliphatic carbocycles. The van der Waals surface area contributed by atoms with Crippen molar-refractivity contribution in [3.05, 3.63) is 96.1 Å². The molecule has 2 heterocycles. The fourth-order valence-electron chi connectivity index (χ4n) is 4.88. The van der Waals surface area contributed by atoms with E-state index in [9.17, 15) is 9.59 Å². The van der Waals surface area contributed by atoms with Crippen molar-refractivity contribution in [3.63, 3.8) is 0 Å². The number of para-hydroxylation sites is 1. The molecular weight excluding hydrogens is 412 g/mol. The second-order valence-corrected chi connectivity index (χ2v) is 8.92. The van der Waals surface area contributed by atoms with E-state index in [0.29, 0.717) is 19.6 Å². The summed E-state index contributed by atoms with van der Waals surface area (Å²) in [5.41, 5.74) is 7.20. The molecule has 0 radical (unpaired) electrons. The molecule has 3 aromatic carbocycles. The second-order valence-electron chi connectivity index (χ2n) is 8.92. The zero-order valence-electron chi connectivity index (χ0n) is 18.6. The zero-order chi connectivity index (χ0) is 22.8. The number of anilines is 2. The van der Waals surface area contributed by atoms with Crippen LogP contribution in [-0.2, 0) is 16.1 Å². The maximum Gasteiger partial charge on any atom is 0.247 e. The lowest BCUT2D eigenvalue weighted by atomic mass is 9.83. The summed E-state index contributed by atoms with van der Waals surface area (Å²) in [5, 5.41) is 4.70. The molecule has 33 heavy (non-hydrogen) atoms. The molecule has 6 nitrogen and oxygen atoms in total. The van der Waals surface area contributed by atoms with Gasteiger partial charge in [0.1, 0.15) is 0 Å². The summed E-state index contributed by atoms with van der Waals surface area (Å²) in [5.74, 6) is -0.720. The maximum atomic E-state index is 13.5. The van der Waals surface area contributed by atoms with Gasteiger partial charge in [-0.15, -0.1) is 0 Å². The van der Waals surface area contributed by atoms with Crippen LogP contribution in [-0.4, -0.2) is 35.8 Å². The molecule has 0 saturated carbocycles. The lowest BCUT2D eigenvalue weighted by Gasteiger charge is -2.38. The molecule has 0 aromatic heterocycles.